The predicted molar refractivity (Wildman–Crippen MR) is 80.8 cm³/mol. The number of hydrogen-bond donors (Lipinski definition) is 2. The number of benzene rings is 1. The van der Waals surface area contributed by atoms with E-state index < -0.39 is 11.6 Å². The van der Waals surface area contributed by atoms with Gasteiger partial charge in [0.25, 0.3) is 0 Å². The topological polar surface area (TPSA) is 86.5 Å². The van der Waals surface area contributed by atoms with Crippen molar-refractivity contribution in [2.45, 2.75) is 18.4 Å². The molecule has 0 aliphatic carbocycles. The third kappa shape index (κ3) is 2.78. The molecule has 3 rings (SSSR count). The fourth-order valence-electron chi connectivity index (χ4n) is 2.74. The Labute approximate surface area is 128 Å². The van der Waals surface area contributed by atoms with Gasteiger partial charge in [-0.2, -0.15) is 0 Å². The number of carboxylic acid groups (broad SMARTS) is 1. The van der Waals surface area contributed by atoms with E-state index in [4.69, 9.17) is 5.11 Å². The van der Waals surface area contributed by atoms with Crippen molar-refractivity contribution in [2.24, 2.45) is 0 Å². The zero-order chi connectivity index (χ0) is 15.6. The molecule has 22 heavy (non-hydrogen) atoms. The molecule has 114 valence electrons. The van der Waals surface area contributed by atoms with E-state index in [1.807, 2.05) is 35.2 Å². The van der Waals surface area contributed by atoms with Gasteiger partial charge in [0, 0.05) is 13.1 Å². The molecular weight excluding hydrogens is 282 g/mol. The Kier molecular flexibility index (Phi) is 3.77. The SMILES string of the molecule is O=C(O)c1cnc(N2CCC(O)(c3ccccc3)CC2)cn1. The van der Waals surface area contributed by atoms with Gasteiger partial charge in [0.1, 0.15) is 5.82 Å². The second-order valence-corrected chi connectivity index (χ2v) is 5.45. The molecule has 0 unspecified atom stereocenters. The Morgan fingerprint density at radius 1 is 1.09 bits per heavy atom. The van der Waals surface area contributed by atoms with Crippen molar-refractivity contribution in [2.75, 3.05) is 18.0 Å². The van der Waals surface area contributed by atoms with Gasteiger partial charge in [-0.1, -0.05) is 30.3 Å². The summed E-state index contributed by atoms with van der Waals surface area (Å²) in [4.78, 5) is 20.8. The molecule has 6 heteroatoms. The highest BCUT2D eigenvalue weighted by atomic mass is 16.4. The predicted octanol–water partition coefficient (Wildman–Crippen LogP) is 1.66. The Hall–Kier alpha value is -2.47. The van der Waals surface area contributed by atoms with Crippen molar-refractivity contribution in [3.05, 3.63) is 54.0 Å². The van der Waals surface area contributed by atoms with Gasteiger partial charge in [0.2, 0.25) is 0 Å². The lowest BCUT2D eigenvalue weighted by Crippen LogP contribution is -2.43. The van der Waals surface area contributed by atoms with Crippen LogP contribution in [0.25, 0.3) is 0 Å². The van der Waals surface area contributed by atoms with Crippen molar-refractivity contribution < 1.29 is 15.0 Å². The van der Waals surface area contributed by atoms with E-state index in [2.05, 4.69) is 9.97 Å². The van der Waals surface area contributed by atoms with Crippen molar-refractivity contribution in [1.82, 2.24) is 9.97 Å². The van der Waals surface area contributed by atoms with Crippen molar-refractivity contribution in [1.29, 1.82) is 0 Å². The maximum absolute atomic E-state index is 10.8. The molecule has 1 aromatic heterocycles. The van der Waals surface area contributed by atoms with Gasteiger partial charge in [-0.15, -0.1) is 0 Å². The maximum Gasteiger partial charge on any atom is 0.356 e. The zero-order valence-electron chi connectivity index (χ0n) is 12.0. The van der Waals surface area contributed by atoms with E-state index in [0.717, 1.165) is 5.56 Å². The molecule has 0 spiro atoms. The van der Waals surface area contributed by atoms with Gasteiger partial charge in [0.05, 0.1) is 18.0 Å². The molecule has 1 aliphatic heterocycles. The molecule has 0 radical (unpaired) electrons. The van der Waals surface area contributed by atoms with Crippen LogP contribution < -0.4 is 4.90 Å². The van der Waals surface area contributed by atoms with Crippen molar-refractivity contribution in [3.8, 4) is 0 Å². The highest BCUT2D eigenvalue weighted by Crippen LogP contribution is 2.33. The minimum Gasteiger partial charge on any atom is -0.476 e. The van der Waals surface area contributed by atoms with E-state index in [-0.39, 0.29) is 5.69 Å². The number of rotatable bonds is 3. The zero-order valence-corrected chi connectivity index (χ0v) is 12.0. The van der Waals surface area contributed by atoms with Crippen LogP contribution in [0.15, 0.2) is 42.7 Å². The summed E-state index contributed by atoms with van der Waals surface area (Å²) in [7, 11) is 0. The number of nitrogens with zero attached hydrogens (tertiary/aromatic N) is 3. The first-order valence-electron chi connectivity index (χ1n) is 7.17. The fraction of sp³-hybridized carbons (Fsp3) is 0.312. The Balaban J connectivity index is 1.70. The third-order valence-corrected chi connectivity index (χ3v) is 4.08. The molecule has 1 aliphatic rings. The van der Waals surface area contributed by atoms with Crippen LogP contribution in [0.4, 0.5) is 5.82 Å². The lowest BCUT2D eigenvalue weighted by atomic mass is 9.84. The quantitative estimate of drug-likeness (QED) is 0.896. The molecule has 2 heterocycles. The van der Waals surface area contributed by atoms with Crippen LogP contribution in [-0.4, -0.2) is 39.2 Å². The molecule has 0 bridgehead atoms. The van der Waals surface area contributed by atoms with E-state index in [0.29, 0.717) is 31.7 Å². The largest absolute Gasteiger partial charge is 0.476 e. The lowest BCUT2D eigenvalue weighted by Gasteiger charge is -2.39. The number of aliphatic hydroxyl groups is 1. The summed E-state index contributed by atoms with van der Waals surface area (Å²) in [6, 6.07) is 9.67. The first-order chi connectivity index (χ1) is 10.6. The molecule has 0 atom stereocenters. The summed E-state index contributed by atoms with van der Waals surface area (Å²) in [5, 5.41) is 19.6. The average molecular weight is 299 g/mol. The summed E-state index contributed by atoms with van der Waals surface area (Å²) < 4.78 is 0. The smallest absolute Gasteiger partial charge is 0.356 e. The number of piperidine rings is 1. The van der Waals surface area contributed by atoms with Crippen LogP contribution in [0, 0.1) is 0 Å². The average Bonchev–Trinajstić information content (AvgIpc) is 2.56. The molecule has 6 nitrogen and oxygen atoms in total. The Morgan fingerprint density at radius 3 is 2.32 bits per heavy atom. The van der Waals surface area contributed by atoms with Gasteiger partial charge in [0.15, 0.2) is 5.69 Å². The lowest BCUT2D eigenvalue weighted by molar-refractivity contribution is 0.0116. The highest BCUT2D eigenvalue weighted by molar-refractivity contribution is 5.84. The van der Waals surface area contributed by atoms with E-state index >= 15 is 0 Å². The molecule has 0 saturated carbocycles. The van der Waals surface area contributed by atoms with Crippen molar-refractivity contribution >= 4 is 11.8 Å². The standard InChI is InChI=1S/C16H17N3O3/c20-15(21)13-10-18-14(11-17-13)19-8-6-16(22,7-9-19)12-4-2-1-3-5-12/h1-5,10-11,22H,6-9H2,(H,20,21). The second kappa shape index (κ2) is 5.73. The highest BCUT2D eigenvalue weighted by Gasteiger charge is 2.34. The molecule has 0 amide bonds. The van der Waals surface area contributed by atoms with Crippen LogP contribution in [0.1, 0.15) is 28.9 Å². The van der Waals surface area contributed by atoms with Crippen LogP contribution in [0.3, 0.4) is 0 Å². The van der Waals surface area contributed by atoms with Gasteiger partial charge < -0.3 is 15.1 Å². The van der Waals surface area contributed by atoms with E-state index in [1.54, 1.807) is 0 Å². The fourth-order valence-corrected chi connectivity index (χ4v) is 2.74. The third-order valence-electron chi connectivity index (χ3n) is 4.08. The maximum atomic E-state index is 10.8. The number of anilines is 1. The van der Waals surface area contributed by atoms with Crippen LogP contribution in [-0.2, 0) is 5.60 Å². The number of carbonyl (C=O) groups is 1. The van der Waals surface area contributed by atoms with E-state index in [1.165, 1.54) is 12.4 Å². The van der Waals surface area contributed by atoms with Crippen LogP contribution in [0.2, 0.25) is 0 Å². The Bertz CT molecular complexity index is 650. The second-order valence-electron chi connectivity index (χ2n) is 5.45. The first kappa shape index (κ1) is 14.5. The molecule has 1 fully saturated rings. The normalized spacial score (nSPS) is 17.2. The number of hydrogen-bond acceptors (Lipinski definition) is 5. The summed E-state index contributed by atoms with van der Waals surface area (Å²) in [6.07, 6.45) is 3.92. The first-order valence-corrected chi connectivity index (χ1v) is 7.17. The minimum absolute atomic E-state index is 0.0680. The van der Waals surface area contributed by atoms with E-state index in [9.17, 15) is 9.90 Å². The van der Waals surface area contributed by atoms with Crippen LogP contribution in [0.5, 0.6) is 0 Å². The summed E-state index contributed by atoms with van der Waals surface area (Å²) in [5.41, 5.74) is 0.0511. The van der Waals surface area contributed by atoms with Crippen LogP contribution >= 0.6 is 0 Å². The molecular formula is C16H17N3O3. The molecule has 1 aromatic carbocycles. The number of aromatic nitrogens is 2. The van der Waals surface area contributed by atoms with Gasteiger partial charge in [-0.3, -0.25) is 0 Å². The van der Waals surface area contributed by atoms with Crippen molar-refractivity contribution in [3.63, 3.8) is 0 Å². The summed E-state index contributed by atoms with van der Waals surface area (Å²) in [5.74, 6) is -0.448. The molecule has 2 N–H and O–H groups in total. The van der Waals surface area contributed by atoms with Gasteiger partial charge >= 0.3 is 5.97 Å². The monoisotopic (exact) mass is 299 g/mol. The molecule has 2 aromatic rings. The van der Waals surface area contributed by atoms with Gasteiger partial charge in [-0.25, -0.2) is 14.8 Å². The van der Waals surface area contributed by atoms with Gasteiger partial charge in [-0.05, 0) is 18.4 Å². The number of aromatic carboxylic acids is 1. The minimum atomic E-state index is -1.09. The molecule has 1 saturated heterocycles. The summed E-state index contributed by atoms with van der Waals surface area (Å²) in [6.45, 7) is 1.29. The number of carboxylic acids is 1. The summed E-state index contributed by atoms with van der Waals surface area (Å²) >= 11 is 0. The Morgan fingerprint density at radius 2 is 1.77 bits per heavy atom.